The zero-order valence-electron chi connectivity index (χ0n) is 19.5. The van der Waals surface area contributed by atoms with Gasteiger partial charge >= 0.3 is 0 Å². The van der Waals surface area contributed by atoms with Gasteiger partial charge in [0.2, 0.25) is 21.8 Å². The fraction of sp³-hybridized carbons (Fsp3) is 0.458. The lowest BCUT2D eigenvalue weighted by molar-refractivity contribution is -0.126. The fourth-order valence-electron chi connectivity index (χ4n) is 4.35. The van der Waals surface area contributed by atoms with E-state index in [1.165, 1.54) is 9.87 Å². The fourth-order valence-corrected chi connectivity index (χ4v) is 5.45. The van der Waals surface area contributed by atoms with Crippen LogP contribution in [0.5, 0.6) is 0 Å². The number of nitrogens with one attached hydrogen (secondary N) is 2. The molecule has 2 N–H and O–H groups in total. The average molecular weight is 486 g/mol. The lowest BCUT2D eigenvalue weighted by atomic mass is 9.98. The molecule has 1 fully saturated rings. The predicted molar refractivity (Wildman–Crippen MR) is 131 cm³/mol. The molecule has 10 heteroatoms. The van der Waals surface area contributed by atoms with Gasteiger partial charge in [-0.2, -0.15) is 4.31 Å². The largest absolute Gasteiger partial charge is 0.346 e. The molecule has 1 aromatic heterocycles. The van der Waals surface area contributed by atoms with Crippen LogP contribution in [0.3, 0.4) is 0 Å². The number of pyridine rings is 1. The first-order chi connectivity index (χ1) is 16.2. The van der Waals surface area contributed by atoms with E-state index in [-0.39, 0.29) is 31.7 Å². The summed E-state index contributed by atoms with van der Waals surface area (Å²) in [4.78, 5) is 30.7. The minimum absolute atomic E-state index is 0.0659. The quantitative estimate of drug-likeness (QED) is 0.510. The molecule has 0 bridgehead atoms. The van der Waals surface area contributed by atoms with E-state index in [0.717, 1.165) is 17.2 Å². The number of carbonyl (C=O) groups is 2. The number of nitrogens with zero attached hydrogens (tertiary/aromatic N) is 3. The normalized spacial score (nSPS) is 16.2. The number of para-hydroxylation sites is 1. The third-order valence-electron chi connectivity index (χ3n) is 6.15. The van der Waals surface area contributed by atoms with Crippen molar-refractivity contribution in [3.63, 3.8) is 0 Å². The van der Waals surface area contributed by atoms with E-state index in [2.05, 4.69) is 39.4 Å². The second-order valence-electron chi connectivity index (χ2n) is 8.43. The molecule has 1 aromatic carbocycles. The van der Waals surface area contributed by atoms with Crippen LogP contribution in [-0.2, 0) is 19.6 Å². The minimum Gasteiger partial charge on any atom is -0.346 e. The number of terminal acetylenes is 1. The third kappa shape index (κ3) is 6.53. The van der Waals surface area contributed by atoms with Crippen molar-refractivity contribution in [2.24, 2.45) is 0 Å². The molecule has 2 amide bonds. The van der Waals surface area contributed by atoms with Crippen molar-refractivity contribution in [3.8, 4) is 12.3 Å². The van der Waals surface area contributed by atoms with Gasteiger partial charge in [-0.3, -0.25) is 19.5 Å². The molecule has 1 aliphatic rings. The molecule has 2 heterocycles. The van der Waals surface area contributed by atoms with Gasteiger partial charge in [-0.05, 0) is 37.5 Å². The third-order valence-corrected chi connectivity index (χ3v) is 7.43. The molecule has 0 saturated carbocycles. The number of carbonyl (C=O) groups excluding carboxylic acids is 2. The van der Waals surface area contributed by atoms with Crippen molar-refractivity contribution in [2.45, 2.75) is 31.8 Å². The molecule has 3 rings (SSSR count). The molecular weight excluding hydrogens is 454 g/mol. The number of sulfonamides is 1. The summed E-state index contributed by atoms with van der Waals surface area (Å²) in [5.74, 6) is 1.32. The molecule has 0 aliphatic carbocycles. The van der Waals surface area contributed by atoms with E-state index in [4.69, 9.17) is 6.42 Å². The maximum absolute atomic E-state index is 12.5. The first kappa shape index (κ1) is 25.6. The van der Waals surface area contributed by atoms with E-state index in [1.807, 2.05) is 30.5 Å². The van der Waals surface area contributed by atoms with Gasteiger partial charge in [-0.1, -0.05) is 24.1 Å². The highest BCUT2D eigenvalue weighted by atomic mass is 32.2. The summed E-state index contributed by atoms with van der Waals surface area (Å²) in [7, 11) is -3.61. The smallest absolute Gasteiger partial charge is 0.240 e. The lowest BCUT2D eigenvalue weighted by Gasteiger charge is -2.39. The molecular formula is C24H31N5O4S. The lowest BCUT2D eigenvalue weighted by Crippen LogP contribution is -2.51. The van der Waals surface area contributed by atoms with Crippen LogP contribution in [0, 0.1) is 12.3 Å². The van der Waals surface area contributed by atoms with Crippen molar-refractivity contribution >= 4 is 32.7 Å². The Balaban J connectivity index is 1.61. The number of hydrogen-bond acceptors (Lipinski definition) is 6. The molecule has 2 aromatic rings. The van der Waals surface area contributed by atoms with Crippen LogP contribution < -0.4 is 10.6 Å². The standard InChI is InChI=1S/C24H31N5O4S/c1-4-12-26-23(30)16-27-24(31)17-29(34(3,32)33)19-10-14-28(15-11-19)18(2)20-9-13-25-22-8-6-5-7-21(20)22/h1,5-9,13,18-19H,10-12,14-17H2,2-3H3,(H,26,30)(H,27,31). The van der Waals surface area contributed by atoms with Crippen LogP contribution in [0.1, 0.15) is 31.4 Å². The van der Waals surface area contributed by atoms with Crippen LogP contribution in [0.25, 0.3) is 10.9 Å². The first-order valence-electron chi connectivity index (χ1n) is 11.2. The highest BCUT2D eigenvalue weighted by molar-refractivity contribution is 7.88. The number of amides is 2. The summed E-state index contributed by atoms with van der Waals surface area (Å²) < 4.78 is 26.1. The van der Waals surface area contributed by atoms with E-state index < -0.39 is 21.8 Å². The van der Waals surface area contributed by atoms with Crippen molar-refractivity contribution < 1.29 is 18.0 Å². The molecule has 9 nitrogen and oxygen atoms in total. The van der Waals surface area contributed by atoms with Gasteiger partial charge in [-0.25, -0.2) is 8.42 Å². The molecule has 0 spiro atoms. The summed E-state index contributed by atoms with van der Waals surface area (Å²) in [5.41, 5.74) is 2.13. The molecule has 1 saturated heterocycles. The number of piperidine rings is 1. The van der Waals surface area contributed by atoms with Crippen molar-refractivity contribution in [1.29, 1.82) is 0 Å². The van der Waals surface area contributed by atoms with Gasteiger partial charge < -0.3 is 10.6 Å². The summed E-state index contributed by atoms with van der Waals surface area (Å²) in [5, 5.41) is 6.01. The monoisotopic (exact) mass is 485 g/mol. The molecule has 1 atom stereocenters. The van der Waals surface area contributed by atoms with Gasteiger partial charge in [-0.15, -0.1) is 6.42 Å². The average Bonchev–Trinajstić information content (AvgIpc) is 2.83. The maximum Gasteiger partial charge on any atom is 0.240 e. The van der Waals surface area contributed by atoms with E-state index in [0.29, 0.717) is 25.9 Å². The van der Waals surface area contributed by atoms with Gasteiger partial charge in [0.15, 0.2) is 0 Å². The molecule has 1 aliphatic heterocycles. The van der Waals surface area contributed by atoms with Crippen LogP contribution >= 0.6 is 0 Å². The van der Waals surface area contributed by atoms with Gasteiger partial charge in [0.05, 0.1) is 31.4 Å². The first-order valence-corrected chi connectivity index (χ1v) is 13.1. The van der Waals surface area contributed by atoms with Crippen LogP contribution in [-0.4, -0.2) is 79.4 Å². The topological polar surface area (TPSA) is 112 Å². The van der Waals surface area contributed by atoms with Crippen molar-refractivity contribution in [1.82, 2.24) is 24.8 Å². The molecule has 0 radical (unpaired) electrons. The summed E-state index contributed by atoms with van der Waals surface area (Å²) in [6.45, 7) is 3.03. The van der Waals surface area contributed by atoms with Gasteiger partial charge in [0, 0.05) is 36.8 Å². The molecule has 34 heavy (non-hydrogen) atoms. The Bertz CT molecular complexity index is 1160. The van der Waals surface area contributed by atoms with Gasteiger partial charge in [0.25, 0.3) is 0 Å². The summed E-state index contributed by atoms with van der Waals surface area (Å²) in [6, 6.07) is 9.92. The Morgan fingerprint density at radius 1 is 1.21 bits per heavy atom. The molecule has 182 valence electrons. The SMILES string of the molecule is C#CCNC(=O)CNC(=O)CN(C1CCN(C(C)c2ccnc3ccccc23)CC1)S(C)(=O)=O. The van der Waals surface area contributed by atoms with Crippen molar-refractivity contribution in [2.75, 3.05) is 39.0 Å². The van der Waals surface area contributed by atoms with Crippen LogP contribution in [0.2, 0.25) is 0 Å². The second kappa shape index (κ2) is 11.4. The Morgan fingerprint density at radius 2 is 1.91 bits per heavy atom. The molecule has 1 unspecified atom stereocenters. The van der Waals surface area contributed by atoms with Gasteiger partial charge in [0.1, 0.15) is 0 Å². The number of fused-ring (bicyclic) bond motifs is 1. The van der Waals surface area contributed by atoms with Crippen LogP contribution in [0.15, 0.2) is 36.5 Å². The highest BCUT2D eigenvalue weighted by Crippen LogP contribution is 2.30. The van der Waals surface area contributed by atoms with Crippen LogP contribution in [0.4, 0.5) is 0 Å². The van der Waals surface area contributed by atoms with E-state index in [9.17, 15) is 18.0 Å². The highest BCUT2D eigenvalue weighted by Gasteiger charge is 2.33. The number of hydrogen-bond donors (Lipinski definition) is 2. The number of aromatic nitrogens is 1. The Labute approximate surface area is 201 Å². The number of benzene rings is 1. The predicted octanol–water partition coefficient (Wildman–Crippen LogP) is 0.887. The zero-order chi connectivity index (χ0) is 24.7. The zero-order valence-corrected chi connectivity index (χ0v) is 20.3. The minimum atomic E-state index is -3.61. The Kier molecular flexibility index (Phi) is 8.61. The number of likely N-dealkylation sites (tertiary alicyclic amines) is 1. The number of rotatable bonds is 9. The maximum atomic E-state index is 12.5. The summed E-state index contributed by atoms with van der Waals surface area (Å²) in [6.07, 6.45) is 9.22. The van der Waals surface area contributed by atoms with Crippen molar-refractivity contribution in [3.05, 3.63) is 42.1 Å². The van der Waals surface area contributed by atoms with E-state index >= 15 is 0 Å². The summed E-state index contributed by atoms with van der Waals surface area (Å²) >= 11 is 0. The Hall–Kier alpha value is -3.00. The van der Waals surface area contributed by atoms with E-state index in [1.54, 1.807) is 0 Å². The second-order valence-corrected chi connectivity index (χ2v) is 10.4. The Morgan fingerprint density at radius 3 is 2.59 bits per heavy atom.